The first-order valence-electron chi connectivity index (χ1n) is 9.25. The lowest BCUT2D eigenvalue weighted by Crippen LogP contribution is -2.32. The predicted octanol–water partition coefficient (Wildman–Crippen LogP) is 2.67. The monoisotopic (exact) mass is 383 g/mol. The van der Waals surface area contributed by atoms with Crippen molar-refractivity contribution < 1.29 is 19.7 Å². The minimum Gasteiger partial charge on any atom is -0.479 e. The fourth-order valence-corrected chi connectivity index (χ4v) is 3.10. The number of hydrogen-bond donors (Lipinski definition) is 4. The van der Waals surface area contributed by atoms with Crippen molar-refractivity contribution in [2.24, 2.45) is 0 Å². The fraction of sp³-hybridized carbons (Fsp3) is 0.333. The number of nitrogens with one attached hydrogen (secondary N) is 2. The van der Waals surface area contributed by atoms with E-state index in [4.69, 9.17) is 9.84 Å². The van der Waals surface area contributed by atoms with Gasteiger partial charge in [-0.15, -0.1) is 0 Å². The zero-order valence-electron chi connectivity index (χ0n) is 15.9. The fourth-order valence-electron chi connectivity index (χ4n) is 3.10. The number of aromatic amines is 1. The number of aromatic nitrogens is 2. The molecule has 4 N–H and O–H groups in total. The van der Waals surface area contributed by atoms with Gasteiger partial charge in [0, 0.05) is 42.1 Å². The molecular weight excluding hydrogens is 358 g/mol. The highest BCUT2D eigenvalue weighted by Gasteiger charge is 2.17. The third-order valence-electron chi connectivity index (χ3n) is 4.67. The molecule has 0 amide bonds. The first-order valence-corrected chi connectivity index (χ1v) is 9.25. The van der Waals surface area contributed by atoms with Crippen LogP contribution in [0.1, 0.15) is 31.1 Å². The second-order valence-corrected chi connectivity index (χ2v) is 6.91. The molecule has 0 saturated carbocycles. The van der Waals surface area contributed by atoms with Gasteiger partial charge >= 0.3 is 5.97 Å². The number of aliphatic hydroxyl groups is 1. The number of carbonyl (C=O) groups is 1. The van der Waals surface area contributed by atoms with Gasteiger partial charge < -0.3 is 25.3 Å². The molecule has 7 nitrogen and oxygen atoms in total. The van der Waals surface area contributed by atoms with Crippen LogP contribution >= 0.6 is 0 Å². The number of benzene rings is 1. The van der Waals surface area contributed by atoms with Gasteiger partial charge in [-0.05, 0) is 38.0 Å². The van der Waals surface area contributed by atoms with E-state index in [1.165, 1.54) is 6.92 Å². The molecule has 2 aromatic heterocycles. The molecule has 7 heteroatoms. The van der Waals surface area contributed by atoms with Crippen molar-refractivity contribution in [3.8, 4) is 5.75 Å². The zero-order chi connectivity index (χ0) is 20.1. The Hall–Kier alpha value is -2.90. The molecule has 0 fully saturated rings. The van der Waals surface area contributed by atoms with E-state index < -0.39 is 18.2 Å². The van der Waals surface area contributed by atoms with E-state index in [0.29, 0.717) is 12.3 Å². The van der Waals surface area contributed by atoms with Gasteiger partial charge in [0.2, 0.25) is 0 Å². The molecule has 3 rings (SSSR count). The molecule has 0 bridgehead atoms. The van der Waals surface area contributed by atoms with Crippen LogP contribution in [-0.4, -0.2) is 44.8 Å². The Morgan fingerprint density at radius 3 is 2.82 bits per heavy atom. The zero-order valence-corrected chi connectivity index (χ0v) is 15.9. The summed E-state index contributed by atoms with van der Waals surface area (Å²) in [6.07, 6.45) is 4.47. The molecule has 0 saturated heterocycles. The average molecular weight is 383 g/mol. The maximum atomic E-state index is 11.1. The van der Waals surface area contributed by atoms with E-state index in [-0.39, 0.29) is 6.04 Å². The number of hydrogen-bond acceptors (Lipinski definition) is 5. The van der Waals surface area contributed by atoms with Crippen LogP contribution in [-0.2, 0) is 11.2 Å². The maximum absolute atomic E-state index is 11.1. The lowest BCUT2D eigenvalue weighted by atomic mass is 10.1. The maximum Gasteiger partial charge on any atom is 0.344 e. The largest absolute Gasteiger partial charge is 0.479 e. The van der Waals surface area contributed by atoms with E-state index in [2.05, 4.69) is 22.2 Å². The van der Waals surface area contributed by atoms with Gasteiger partial charge in [-0.3, -0.25) is 4.98 Å². The number of rotatable bonds is 9. The Bertz CT molecular complexity index is 926. The van der Waals surface area contributed by atoms with Crippen molar-refractivity contribution in [3.05, 3.63) is 60.0 Å². The van der Waals surface area contributed by atoms with Gasteiger partial charge in [-0.2, -0.15) is 0 Å². The Morgan fingerprint density at radius 2 is 2.11 bits per heavy atom. The standard InChI is InChI=1S/C21H25N3O4/c1-13(23-12-18(25)15-5-4-8-22-10-15)9-16-11-24-20-17(16)6-3-7-19(20)28-14(2)21(26)27/h3-8,10-11,13-14,18,23-25H,9,12H2,1-2H3,(H,26,27)/t13-,14?,18+/m1/s1. The quantitative estimate of drug-likeness (QED) is 0.453. The number of aliphatic hydroxyl groups excluding tert-OH is 1. The van der Waals surface area contributed by atoms with Gasteiger partial charge in [-0.25, -0.2) is 4.79 Å². The molecule has 148 valence electrons. The second-order valence-electron chi connectivity index (χ2n) is 6.91. The lowest BCUT2D eigenvalue weighted by molar-refractivity contribution is -0.144. The smallest absolute Gasteiger partial charge is 0.344 e. The minimum atomic E-state index is -1.01. The first kappa shape index (κ1) is 19.9. The second kappa shape index (κ2) is 8.86. The molecule has 0 aliphatic heterocycles. The van der Waals surface area contributed by atoms with E-state index in [0.717, 1.165) is 28.5 Å². The van der Waals surface area contributed by atoms with Crippen molar-refractivity contribution in [1.29, 1.82) is 0 Å². The molecule has 1 aromatic carbocycles. The van der Waals surface area contributed by atoms with Gasteiger partial charge in [0.1, 0.15) is 5.75 Å². The highest BCUT2D eigenvalue weighted by Crippen LogP contribution is 2.28. The molecular formula is C21H25N3O4. The number of carboxylic acids is 1. The number of para-hydroxylation sites is 1. The number of nitrogens with zero attached hydrogens (tertiary/aromatic N) is 1. The normalized spacial score (nSPS) is 14.5. The van der Waals surface area contributed by atoms with Crippen LogP contribution < -0.4 is 10.1 Å². The summed E-state index contributed by atoms with van der Waals surface area (Å²) in [6, 6.07) is 9.38. The van der Waals surface area contributed by atoms with Crippen molar-refractivity contribution in [3.63, 3.8) is 0 Å². The lowest BCUT2D eigenvalue weighted by Gasteiger charge is -2.17. The van der Waals surface area contributed by atoms with Crippen LogP contribution in [0, 0.1) is 0 Å². The number of carboxylic acid groups (broad SMARTS) is 1. The number of aliphatic carboxylic acids is 1. The van der Waals surface area contributed by atoms with Crippen molar-refractivity contribution >= 4 is 16.9 Å². The molecule has 3 atom stereocenters. The molecule has 0 radical (unpaired) electrons. The van der Waals surface area contributed by atoms with Crippen LogP contribution in [0.4, 0.5) is 0 Å². The van der Waals surface area contributed by atoms with Gasteiger partial charge in [0.05, 0.1) is 11.6 Å². The minimum absolute atomic E-state index is 0.132. The summed E-state index contributed by atoms with van der Waals surface area (Å²) in [7, 11) is 0. The molecule has 0 aliphatic carbocycles. The summed E-state index contributed by atoms with van der Waals surface area (Å²) in [6.45, 7) is 3.99. The highest BCUT2D eigenvalue weighted by molar-refractivity contribution is 5.88. The summed E-state index contributed by atoms with van der Waals surface area (Å²) < 4.78 is 5.55. The van der Waals surface area contributed by atoms with Crippen molar-refractivity contribution in [2.45, 2.75) is 38.5 Å². The van der Waals surface area contributed by atoms with Gasteiger partial charge in [0.25, 0.3) is 0 Å². The van der Waals surface area contributed by atoms with Crippen molar-refractivity contribution in [2.75, 3.05) is 6.54 Å². The van der Waals surface area contributed by atoms with Gasteiger partial charge in [-0.1, -0.05) is 18.2 Å². The van der Waals surface area contributed by atoms with E-state index in [9.17, 15) is 9.90 Å². The Balaban J connectivity index is 1.65. The van der Waals surface area contributed by atoms with Gasteiger partial charge in [0.15, 0.2) is 6.10 Å². The Kier molecular flexibility index (Phi) is 6.28. The first-order chi connectivity index (χ1) is 13.5. The number of H-pyrrole nitrogens is 1. The molecule has 1 unspecified atom stereocenters. The molecule has 0 spiro atoms. The van der Waals surface area contributed by atoms with E-state index in [1.54, 1.807) is 24.5 Å². The summed E-state index contributed by atoms with van der Waals surface area (Å²) >= 11 is 0. The number of fused-ring (bicyclic) bond motifs is 1. The molecule has 0 aliphatic rings. The third-order valence-corrected chi connectivity index (χ3v) is 4.67. The third kappa shape index (κ3) is 4.68. The SMILES string of the molecule is CC(Oc1cccc2c(C[C@@H](C)NC[C@H](O)c3cccnc3)c[nH]c12)C(=O)O. The number of pyridine rings is 1. The van der Waals surface area contributed by atoms with Crippen LogP contribution in [0.15, 0.2) is 48.9 Å². The summed E-state index contributed by atoms with van der Waals surface area (Å²) in [5, 5.41) is 23.7. The summed E-state index contributed by atoms with van der Waals surface area (Å²) in [5.41, 5.74) is 2.66. The topological polar surface area (TPSA) is 107 Å². The Labute approximate surface area is 163 Å². The molecule has 3 aromatic rings. The molecule has 28 heavy (non-hydrogen) atoms. The van der Waals surface area contributed by atoms with Crippen LogP contribution in [0.5, 0.6) is 5.75 Å². The predicted molar refractivity (Wildman–Crippen MR) is 106 cm³/mol. The van der Waals surface area contributed by atoms with E-state index in [1.807, 2.05) is 24.4 Å². The van der Waals surface area contributed by atoms with Crippen molar-refractivity contribution in [1.82, 2.24) is 15.3 Å². The summed E-state index contributed by atoms with van der Waals surface area (Å²) in [5.74, 6) is -0.486. The average Bonchev–Trinajstić information content (AvgIpc) is 3.10. The van der Waals surface area contributed by atoms with Crippen LogP contribution in [0.25, 0.3) is 10.9 Å². The van der Waals surface area contributed by atoms with Crippen LogP contribution in [0.2, 0.25) is 0 Å². The highest BCUT2D eigenvalue weighted by atomic mass is 16.5. The Morgan fingerprint density at radius 1 is 1.29 bits per heavy atom. The number of ether oxygens (including phenoxy) is 1. The van der Waals surface area contributed by atoms with Crippen LogP contribution in [0.3, 0.4) is 0 Å². The molecule has 2 heterocycles. The summed E-state index contributed by atoms with van der Waals surface area (Å²) in [4.78, 5) is 18.3. The van der Waals surface area contributed by atoms with E-state index >= 15 is 0 Å².